The van der Waals surface area contributed by atoms with E-state index < -0.39 is 6.09 Å². The first kappa shape index (κ1) is 16.7. The van der Waals surface area contributed by atoms with E-state index in [0.717, 1.165) is 16.0 Å². The number of aryl methyl sites for hydroxylation is 2. The summed E-state index contributed by atoms with van der Waals surface area (Å²) in [7, 11) is 1.57. The molecule has 0 fully saturated rings. The predicted octanol–water partition coefficient (Wildman–Crippen LogP) is 3.84. The zero-order chi connectivity index (χ0) is 17.1. The first-order chi connectivity index (χ1) is 10.8. The van der Waals surface area contributed by atoms with Crippen molar-refractivity contribution in [3.63, 3.8) is 0 Å². The molecule has 1 aromatic carbocycles. The molecule has 0 radical (unpaired) electrons. The molecule has 2 aromatic rings. The van der Waals surface area contributed by atoms with Gasteiger partial charge in [0.2, 0.25) is 0 Å². The van der Waals surface area contributed by atoms with E-state index in [1.165, 1.54) is 18.2 Å². The third-order valence-corrected chi connectivity index (χ3v) is 3.74. The van der Waals surface area contributed by atoms with Crippen LogP contribution in [0.3, 0.4) is 0 Å². The minimum Gasteiger partial charge on any atom is -0.496 e. The van der Waals surface area contributed by atoms with Crippen LogP contribution >= 0.6 is 0 Å². The smallest absolute Gasteiger partial charge is 0.412 e. The molecule has 5 nitrogen and oxygen atoms in total. The molecule has 0 aliphatic rings. The van der Waals surface area contributed by atoms with Crippen LogP contribution in [0.2, 0.25) is 0 Å². The summed E-state index contributed by atoms with van der Waals surface area (Å²) in [5, 5.41) is 9.49. The molecular weight excluding hydrogens is 299 g/mol. The molecule has 122 valence electrons. The molecular formula is C17H19FN2O3. The maximum absolute atomic E-state index is 13.4. The molecule has 23 heavy (non-hydrogen) atoms. The van der Waals surface area contributed by atoms with Gasteiger partial charge in [-0.05, 0) is 44.5 Å². The van der Waals surface area contributed by atoms with Crippen LogP contribution < -0.4 is 9.64 Å². The molecule has 0 aliphatic heterocycles. The minimum absolute atomic E-state index is 0.0584. The Balaban J connectivity index is 2.41. The Bertz CT molecular complexity index is 747. The minimum atomic E-state index is -1.13. The molecule has 0 unspecified atom stereocenters. The summed E-state index contributed by atoms with van der Waals surface area (Å²) in [4.78, 5) is 17.1. The van der Waals surface area contributed by atoms with Gasteiger partial charge < -0.3 is 9.84 Å². The third-order valence-electron chi connectivity index (χ3n) is 3.74. The lowest BCUT2D eigenvalue weighted by molar-refractivity contribution is 0.201. The van der Waals surface area contributed by atoms with E-state index in [4.69, 9.17) is 4.74 Å². The highest BCUT2D eigenvalue weighted by molar-refractivity contribution is 5.86. The van der Waals surface area contributed by atoms with E-state index in [-0.39, 0.29) is 12.4 Å². The van der Waals surface area contributed by atoms with Gasteiger partial charge in [0.05, 0.1) is 19.3 Å². The van der Waals surface area contributed by atoms with Crippen LogP contribution in [0.4, 0.5) is 14.9 Å². The fourth-order valence-electron chi connectivity index (χ4n) is 2.45. The summed E-state index contributed by atoms with van der Waals surface area (Å²) in [5.74, 6) is 0.320. The van der Waals surface area contributed by atoms with Crippen molar-refractivity contribution in [1.29, 1.82) is 0 Å². The second-order valence-electron chi connectivity index (χ2n) is 5.35. The summed E-state index contributed by atoms with van der Waals surface area (Å²) in [5.41, 5.74) is 3.06. The Hall–Kier alpha value is -2.63. The van der Waals surface area contributed by atoms with E-state index in [1.807, 2.05) is 13.8 Å². The first-order valence-corrected chi connectivity index (χ1v) is 7.10. The predicted molar refractivity (Wildman–Crippen MR) is 85.6 cm³/mol. The zero-order valence-corrected chi connectivity index (χ0v) is 13.6. The maximum Gasteiger partial charge on any atom is 0.412 e. The topological polar surface area (TPSA) is 62.7 Å². The second kappa shape index (κ2) is 6.64. The number of rotatable bonds is 4. The van der Waals surface area contributed by atoms with Gasteiger partial charge in [-0.25, -0.2) is 9.18 Å². The van der Waals surface area contributed by atoms with Crippen LogP contribution in [0.25, 0.3) is 0 Å². The molecule has 0 spiro atoms. The number of nitrogens with zero attached hydrogens (tertiary/aromatic N) is 2. The molecule has 0 atom stereocenters. The molecule has 1 aromatic heterocycles. The molecule has 0 aliphatic carbocycles. The maximum atomic E-state index is 13.4. The van der Waals surface area contributed by atoms with Crippen LogP contribution in [0.15, 0.2) is 24.4 Å². The van der Waals surface area contributed by atoms with Crippen molar-refractivity contribution in [2.75, 3.05) is 12.0 Å². The fraction of sp³-hybridized carbons (Fsp3) is 0.294. The number of anilines is 1. The Kier molecular flexibility index (Phi) is 4.83. The van der Waals surface area contributed by atoms with Crippen molar-refractivity contribution in [2.24, 2.45) is 0 Å². The van der Waals surface area contributed by atoms with Crippen molar-refractivity contribution < 1.29 is 19.0 Å². The zero-order valence-electron chi connectivity index (χ0n) is 13.6. The molecule has 1 amide bonds. The van der Waals surface area contributed by atoms with Crippen LogP contribution in [-0.2, 0) is 6.54 Å². The average molecular weight is 318 g/mol. The van der Waals surface area contributed by atoms with Gasteiger partial charge in [0.15, 0.2) is 0 Å². The molecule has 0 saturated heterocycles. The van der Waals surface area contributed by atoms with Crippen molar-refractivity contribution in [3.8, 4) is 5.75 Å². The van der Waals surface area contributed by atoms with Crippen LogP contribution in [-0.4, -0.2) is 23.3 Å². The van der Waals surface area contributed by atoms with Crippen molar-refractivity contribution in [3.05, 3.63) is 52.6 Å². The lowest BCUT2D eigenvalue weighted by atomic mass is 10.1. The monoisotopic (exact) mass is 318 g/mol. The van der Waals surface area contributed by atoms with Gasteiger partial charge in [-0.1, -0.05) is 0 Å². The van der Waals surface area contributed by atoms with Gasteiger partial charge in [-0.15, -0.1) is 0 Å². The third kappa shape index (κ3) is 3.41. The van der Waals surface area contributed by atoms with E-state index in [2.05, 4.69) is 4.98 Å². The summed E-state index contributed by atoms with van der Waals surface area (Å²) >= 11 is 0. The van der Waals surface area contributed by atoms with E-state index >= 15 is 0 Å². The van der Waals surface area contributed by atoms with E-state index in [1.54, 1.807) is 20.2 Å². The summed E-state index contributed by atoms with van der Waals surface area (Å²) in [6, 6.07) is 4.21. The number of ether oxygens (including phenoxy) is 1. The summed E-state index contributed by atoms with van der Waals surface area (Å²) < 4.78 is 18.7. The van der Waals surface area contributed by atoms with Gasteiger partial charge >= 0.3 is 6.09 Å². The van der Waals surface area contributed by atoms with Gasteiger partial charge in [0.25, 0.3) is 0 Å². The lowest BCUT2D eigenvalue weighted by Crippen LogP contribution is -2.29. The van der Waals surface area contributed by atoms with Crippen molar-refractivity contribution in [1.82, 2.24) is 4.98 Å². The SMILES string of the molecule is COc1c(C)cnc(CN(C(=O)O)c2ccc(F)c(C)c2)c1C. The number of halogens is 1. The van der Waals surface area contributed by atoms with Gasteiger partial charge in [0.1, 0.15) is 11.6 Å². The highest BCUT2D eigenvalue weighted by Gasteiger charge is 2.19. The number of pyridine rings is 1. The Labute approximate surface area is 134 Å². The van der Waals surface area contributed by atoms with E-state index in [0.29, 0.717) is 22.7 Å². The quantitative estimate of drug-likeness (QED) is 0.930. The first-order valence-electron chi connectivity index (χ1n) is 7.10. The molecule has 0 bridgehead atoms. The van der Waals surface area contributed by atoms with Crippen molar-refractivity contribution >= 4 is 11.8 Å². The lowest BCUT2D eigenvalue weighted by Gasteiger charge is -2.21. The van der Waals surface area contributed by atoms with Crippen LogP contribution in [0.5, 0.6) is 5.75 Å². The number of aromatic nitrogens is 1. The molecule has 1 heterocycles. The Morgan fingerprint density at radius 2 is 2.00 bits per heavy atom. The standard InChI is InChI=1S/C17H19FN2O3/c1-10-7-13(5-6-14(10)18)20(17(21)22)9-15-12(3)16(23-4)11(2)8-19-15/h5-8H,9H2,1-4H3,(H,21,22). The van der Waals surface area contributed by atoms with E-state index in [9.17, 15) is 14.3 Å². The summed E-state index contributed by atoms with van der Waals surface area (Å²) in [6.07, 6.45) is 0.522. The molecule has 6 heteroatoms. The van der Waals surface area contributed by atoms with Crippen LogP contribution in [0, 0.1) is 26.6 Å². The van der Waals surface area contributed by atoms with Crippen molar-refractivity contribution in [2.45, 2.75) is 27.3 Å². The number of carboxylic acid groups (broad SMARTS) is 1. The second-order valence-corrected chi connectivity index (χ2v) is 5.35. The van der Waals surface area contributed by atoms with Gasteiger partial charge in [0, 0.05) is 23.0 Å². The summed E-state index contributed by atoms with van der Waals surface area (Å²) in [6.45, 7) is 5.37. The Morgan fingerprint density at radius 1 is 1.30 bits per heavy atom. The largest absolute Gasteiger partial charge is 0.496 e. The molecule has 0 saturated carbocycles. The van der Waals surface area contributed by atoms with Gasteiger partial charge in [-0.3, -0.25) is 9.88 Å². The van der Waals surface area contributed by atoms with Gasteiger partial charge in [-0.2, -0.15) is 0 Å². The number of benzene rings is 1. The average Bonchev–Trinajstić information content (AvgIpc) is 2.50. The highest BCUT2D eigenvalue weighted by Crippen LogP contribution is 2.27. The normalized spacial score (nSPS) is 10.5. The number of hydrogen-bond donors (Lipinski definition) is 1. The highest BCUT2D eigenvalue weighted by atomic mass is 19.1. The Morgan fingerprint density at radius 3 is 2.57 bits per heavy atom. The number of carbonyl (C=O) groups is 1. The number of hydrogen-bond acceptors (Lipinski definition) is 3. The molecule has 2 rings (SSSR count). The van der Waals surface area contributed by atoms with Crippen LogP contribution in [0.1, 0.15) is 22.4 Å². The fourth-order valence-corrected chi connectivity index (χ4v) is 2.45. The number of amides is 1. The number of methoxy groups -OCH3 is 1. The molecule has 1 N–H and O–H groups in total.